The van der Waals surface area contributed by atoms with Crippen LogP contribution in [-0.4, -0.2) is 18.9 Å². The molecule has 0 fully saturated rings. The quantitative estimate of drug-likeness (QED) is 0.436. The molecule has 0 spiro atoms. The maximum absolute atomic E-state index is 13.3. The molecule has 0 saturated heterocycles. The van der Waals surface area contributed by atoms with Crippen molar-refractivity contribution in [1.82, 2.24) is 0 Å². The van der Waals surface area contributed by atoms with Crippen LogP contribution in [0.15, 0.2) is 34.8 Å². The molecule has 7 heteroatoms. The number of ether oxygens (including phenoxy) is 1. The second kappa shape index (κ2) is 8.52. The summed E-state index contributed by atoms with van der Waals surface area (Å²) >= 11 is 5.05. The minimum absolute atomic E-state index is 0.183. The van der Waals surface area contributed by atoms with Gasteiger partial charge in [-0.05, 0) is 68.9 Å². The number of nitrogens with one attached hydrogen (secondary N) is 1. The smallest absolute Gasteiger partial charge is 0.260 e. The Morgan fingerprint density at radius 1 is 1.25 bits per heavy atom. The molecular formula is C25H27BrN2O3S. The summed E-state index contributed by atoms with van der Waals surface area (Å²) in [6.45, 7) is 6.74. The van der Waals surface area contributed by atoms with E-state index in [1.165, 1.54) is 18.4 Å². The third-order valence-corrected chi connectivity index (χ3v) is 8.31. The Morgan fingerprint density at radius 3 is 2.62 bits per heavy atom. The summed E-state index contributed by atoms with van der Waals surface area (Å²) in [5.41, 5.74) is 7.78. The molecule has 4 rings (SSSR count). The lowest BCUT2D eigenvalue weighted by Crippen LogP contribution is -2.27. The Hall–Kier alpha value is -2.38. The highest BCUT2D eigenvalue weighted by Crippen LogP contribution is 2.44. The van der Waals surface area contributed by atoms with Crippen molar-refractivity contribution in [2.24, 2.45) is 17.1 Å². The van der Waals surface area contributed by atoms with Crippen LogP contribution >= 0.6 is 27.3 Å². The topological polar surface area (TPSA) is 81.4 Å². The van der Waals surface area contributed by atoms with Gasteiger partial charge >= 0.3 is 0 Å². The number of amides is 2. The summed E-state index contributed by atoms with van der Waals surface area (Å²) in [5, 5.41) is 5.36. The lowest BCUT2D eigenvalue weighted by molar-refractivity contribution is 0.1000. The van der Waals surface area contributed by atoms with E-state index < -0.39 is 5.91 Å². The molecule has 1 heterocycles. The van der Waals surface area contributed by atoms with Crippen LogP contribution < -0.4 is 15.8 Å². The molecule has 1 unspecified atom stereocenters. The van der Waals surface area contributed by atoms with Crippen molar-refractivity contribution >= 4 is 54.9 Å². The van der Waals surface area contributed by atoms with Gasteiger partial charge in [0.25, 0.3) is 11.8 Å². The maximum Gasteiger partial charge on any atom is 0.260 e. The molecule has 0 radical (unpaired) electrons. The van der Waals surface area contributed by atoms with Crippen molar-refractivity contribution < 1.29 is 14.3 Å². The number of fused-ring (bicyclic) bond motifs is 2. The normalized spacial score (nSPS) is 16.0. The van der Waals surface area contributed by atoms with Crippen molar-refractivity contribution in [3.63, 3.8) is 0 Å². The van der Waals surface area contributed by atoms with E-state index in [0.29, 0.717) is 27.8 Å². The molecule has 2 aromatic carbocycles. The van der Waals surface area contributed by atoms with Crippen LogP contribution in [0.1, 0.15) is 58.3 Å². The second-order valence-corrected chi connectivity index (χ2v) is 11.2. The van der Waals surface area contributed by atoms with E-state index in [-0.39, 0.29) is 11.3 Å². The van der Waals surface area contributed by atoms with Gasteiger partial charge in [-0.3, -0.25) is 9.59 Å². The lowest BCUT2D eigenvalue weighted by atomic mass is 9.72. The predicted molar refractivity (Wildman–Crippen MR) is 134 cm³/mol. The number of hydrogen-bond acceptors (Lipinski definition) is 4. The molecule has 3 aromatic rings. The first-order valence-electron chi connectivity index (χ1n) is 10.6. The van der Waals surface area contributed by atoms with Crippen molar-refractivity contribution in [2.75, 3.05) is 12.4 Å². The molecule has 2 amide bonds. The molecule has 3 N–H and O–H groups in total. The molecule has 168 valence electrons. The Bertz CT molecular complexity index is 1230. The van der Waals surface area contributed by atoms with E-state index in [0.717, 1.165) is 44.9 Å². The van der Waals surface area contributed by atoms with Gasteiger partial charge in [0.15, 0.2) is 0 Å². The monoisotopic (exact) mass is 514 g/mol. The number of halogens is 1. The SMILES string of the molecule is COc1c(C(=O)Nc2sc3c(c2C(N)=O)CCC(C(C)(C)C)C3)cc2ccccc2c1Br. The fourth-order valence-corrected chi connectivity index (χ4v) is 6.56. The highest BCUT2D eigenvalue weighted by Gasteiger charge is 2.34. The largest absolute Gasteiger partial charge is 0.495 e. The summed E-state index contributed by atoms with van der Waals surface area (Å²) in [4.78, 5) is 26.8. The lowest BCUT2D eigenvalue weighted by Gasteiger charge is -2.33. The van der Waals surface area contributed by atoms with E-state index >= 15 is 0 Å². The third kappa shape index (κ3) is 4.04. The fourth-order valence-electron chi connectivity index (χ4n) is 4.50. The summed E-state index contributed by atoms with van der Waals surface area (Å²) < 4.78 is 6.28. The van der Waals surface area contributed by atoms with Gasteiger partial charge in [-0.2, -0.15) is 0 Å². The highest BCUT2D eigenvalue weighted by atomic mass is 79.9. The van der Waals surface area contributed by atoms with Crippen molar-refractivity contribution in [1.29, 1.82) is 0 Å². The molecule has 1 aromatic heterocycles. The number of hydrogen-bond donors (Lipinski definition) is 2. The number of nitrogens with two attached hydrogens (primary N) is 1. The molecule has 32 heavy (non-hydrogen) atoms. The minimum Gasteiger partial charge on any atom is -0.495 e. The Labute approximate surface area is 200 Å². The van der Waals surface area contributed by atoms with Gasteiger partial charge < -0.3 is 15.8 Å². The molecular weight excluding hydrogens is 488 g/mol. The Balaban J connectivity index is 1.73. The summed E-state index contributed by atoms with van der Waals surface area (Å²) in [7, 11) is 1.54. The maximum atomic E-state index is 13.3. The predicted octanol–water partition coefficient (Wildman–Crippen LogP) is 6.17. The van der Waals surface area contributed by atoms with E-state index in [2.05, 4.69) is 42.0 Å². The third-order valence-electron chi connectivity index (χ3n) is 6.35. The minimum atomic E-state index is -0.501. The van der Waals surface area contributed by atoms with Gasteiger partial charge in [0, 0.05) is 4.88 Å². The van der Waals surface area contributed by atoms with E-state index in [1.54, 1.807) is 6.07 Å². The first-order valence-corrected chi connectivity index (χ1v) is 12.2. The number of primary amides is 1. The van der Waals surface area contributed by atoms with Crippen molar-refractivity contribution in [2.45, 2.75) is 40.0 Å². The second-order valence-electron chi connectivity index (χ2n) is 9.32. The summed E-state index contributed by atoms with van der Waals surface area (Å²) in [5.74, 6) is 0.144. The van der Waals surface area contributed by atoms with Crippen LogP contribution in [0.2, 0.25) is 0 Å². The van der Waals surface area contributed by atoms with Crippen molar-refractivity contribution in [3.05, 3.63) is 56.4 Å². The fraction of sp³-hybridized carbons (Fsp3) is 0.360. The Kier molecular flexibility index (Phi) is 6.07. The molecule has 1 aliphatic carbocycles. The number of anilines is 1. The van der Waals surface area contributed by atoms with Crippen LogP contribution in [0.25, 0.3) is 10.8 Å². The number of rotatable bonds is 4. The molecule has 0 saturated carbocycles. The molecule has 1 aliphatic rings. The van der Waals surface area contributed by atoms with E-state index in [9.17, 15) is 9.59 Å². The zero-order chi connectivity index (χ0) is 23.2. The van der Waals surface area contributed by atoms with Gasteiger partial charge in [0.2, 0.25) is 0 Å². The Morgan fingerprint density at radius 2 is 1.97 bits per heavy atom. The molecule has 5 nitrogen and oxygen atoms in total. The number of carbonyl (C=O) groups excluding carboxylic acids is 2. The van der Waals surface area contributed by atoms with Gasteiger partial charge in [-0.1, -0.05) is 45.0 Å². The molecule has 0 bridgehead atoms. The number of carbonyl (C=O) groups is 2. The van der Waals surface area contributed by atoms with Crippen LogP contribution in [0.5, 0.6) is 5.75 Å². The van der Waals surface area contributed by atoms with Crippen molar-refractivity contribution in [3.8, 4) is 5.75 Å². The first kappa shape index (κ1) is 22.8. The van der Waals surface area contributed by atoms with Crippen LogP contribution in [0, 0.1) is 11.3 Å². The van der Waals surface area contributed by atoms with Crippen LogP contribution in [-0.2, 0) is 12.8 Å². The summed E-state index contributed by atoms with van der Waals surface area (Å²) in [6.07, 6.45) is 2.70. The summed E-state index contributed by atoms with van der Waals surface area (Å²) in [6, 6.07) is 9.58. The average molecular weight is 515 g/mol. The average Bonchev–Trinajstić information content (AvgIpc) is 3.10. The van der Waals surface area contributed by atoms with Gasteiger partial charge in [-0.25, -0.2) is 0 Å². The molecule has 0 aliphatic heterocycles. The van der Waals surface area contributed by atoms with Gasteiger partial charge in [0.1, 0.15) is 10.8 Å². The molecule has 1 atom stereocenters. The zero-order valence-corrected chi connectivity index (χ0v) is 21.1. The number of benzene rings is 2. The van der Waals surface area contributed by atoms with Crippen LogP contribution in [0.4, 0.5) is 5.00 Å². The van der Waals surface area contributed by atoms with Gasteiger partial charge in [-0.15, -0.1) is 11.3 Å². The van der Waals surface area contributed by atoms with Gasteiger partial charge in [0.05, 0.1) is 22.7 Å². The number of thiophene rings is 1. The van der Waals surface area contributed by atoms with Crippen LogP contribution in [0.3, 0.4) is 0 Å². The standard InChI is InChI=1S/C25H27BrN2O3S/c1-25(2,3)14-9-10-16-18(12-14)32-24(19(16)22(27)29)28-23(30)17-11-13-7-5-6-8-15(13)20(26)21(17)31-4/h5-8,11,14H,9-10,12H2,1-4H3,(H2,27,29)(H,28,30). The van der Waals surface area contributed by atoms with E-state index in [1.807, 2.05) is 24.3 Å². The highest BCUT2D eigenvalue weighted by molar-refractivity contribution is 9.10. The number of methoxy groups -OCH3 is 1. The first-order chi connectivity index (χ1) is 15.1. The zero-order valence-electron chi connectivity index (χ0n) is 18.7. The van der Waals surface area contributed by atoms with E-state index in [4.69, 9.17) is 10.5 Å².